The van der Waals surface area contributed by atoms with E-state index in [0.717, 1.165) is 77.0 Å². The van der Waals surface area contributed by atoms with Crippen LogP contribution in [0.3, 0.4) is 0 Å². The summed E-state index contributed by atoms with van der Waals surface area (Å²) in [5.74, 6) is -0.482. The van der Waals surface area contributed by atoms with Crippen LogP contribution in [0.5, 0.6) is 0 Å². The monoisotopic (exact) mass is 932 g/mol. The second kappa shape index (κ2) is 34.7. The third-order valence-electron chi connectivity index (χ3n) is 10.8. The van der Waals surface area contributed by atoms with Gasteiger partial charge >= 0.3 is 43.2 Å². The van der Waals surface area contributed by atoms with E-state index < -0.39 is 49.9 Å². The fourth-order valence-electron chi connectivity index (χ4n) is 6.94. The van der Waals surface area contributed by atoms with E-state index in [1.807, 2.05) is 0 Å². The zero-order valence-corrected chi connectivity index (χ0v) is 38.8. The average Bonchev–Trinajstić information content (AvgIpc) is 3.19. The molecule has 0 N–H and O–H groups in total. The Kier molecular flexibility index (Phi) is 33.8. The molecule has 18 heteroatoms. The van der Waals surface area contributed by atoms with Gasteiger partial charge in [0.15, 0.2) is 0 Å². The van der Waals surface area contributed by atoms with Gasteiger partial charge in [0.25, 0.3) is 0 Å². The van der Waals surface area contributed by atoms with Crippen LogP contribution in [0.15, 0.2) is 0 Å². The second-order valence-electron chi connectivity index (χ2n) is 16.5. The van der Waals surface area contributed by atoms with E-state index >= 15 is 0 Å². The number of esters is 2. The molecule has 0 aromatic heterocycles. The first-order valence-electron chi connectivity index (χ1n) is 23.0. The number of rotatable bonds is 42. The molecule has 0 bridgehead atoms. The molecule has 61 heavy (non-hydrogen) atoms. The van der Waals surface area contributed by atoms with E-state index in [1.165, 1.54) is 51.4 Å². The molecule has 0 amide bonds. The Morgan fingerprint density at radius 1 is 0.393 bits per heavy atom. The minimum Gasteiger partial charge on any atom is -0.466 e. The lowest BCUT2D eigenvalue weighted by Crippen LogP contribution is -2.38. The Balaban J connectivity index is 4.97. The molecule has 0 rings (SSSR count). The average molecular weight is 933 g/mol. The maximum Gasteiger partial charge on any atom is 0.523 e. The standard InChI is InChI=1S/C43H78F6O10S2/c1-3-5-7-9-17-23-29-35-56-39(50)31-25-19-13-11-15-21-27-33-41(37-58-60(52,53)42(44,45)46,38-59-61(54,55)43(47,48)49)34-28-22-16-12-14-20-26-32-40(51)57-36-30-24-18-10-8-6-4-2/h3-38H2,1-2H3. The largest absolute Gasteiger partial charge is 0.523 e. The summed E-state index contributed by atoms with van der Waals surface area (Å²) in [7, 11) is -12.3. The van der Waals surface area contributed by atoms with Crippen molar-refractivity contribution >= 4 is 32.2 Å². The zero-order valence-electron chi connectivity index (χ0n) is 37.1. The molecular formula is C43H78F6O10S2. The fourth-order valence-corrected chi connectivity index (χ4v) is 8.01. The Morgan fingerprint density at radius 2 is 0.656 bits per heavy atom. The van der Waals surface area contributed by atoms with Crippen LogP contribution in [0.1, 0.15) is 219 Å². The lowest BCUT2D eigenvalue weighted by Gasteiger charge is -2.33. The van der Waals surface area contributed by atoms with Crippen LogP contribution in [-0.4, -0.2) is 66.2 Å². The number of ether oxygens (including phenoxy) is 2. The smallest absolute Gasteiger partial charge is 0.466 e. The van der Waals surface area contributed by atoms with Crippen LogP contribution in [-0.2, 0) is 47.7 Å². The van der Waals surface area contributed by atoms with Crippen molar-refractivity contribution in [1.29, 1.82) is 0 Å². The molecule has 0 aromatic rings. The molecule has 0 fully saturated rings. The van der Waals surface area contributed by atoms with Crippen LogP contribution in [0.4, 0.5) is 26.3 Å². The van der Waals surface area contributed by atoms with Gasteiger partial charge in [-0.25, -0.2) is 0 Å². The summed E-state index contributed by atoms with van der Waals surface area (Å²) in [5, 5.41) is 0. The van der Waals surface area contributed by atoms with Crippen LogP contribution in [0.2, 0.25) is 0 Å². The highest BCUT2D eigenvalue weighted by Crippen LogP contribution is 2.37. The Hall–Kier alpha value is -1.66. The van der Waals surface area contributed by atoms with E-state index in [2.05, 4.69) is 22.2 Å². The van der Waals surface area contributed by atoms with E-state index in [1.54, 1.807) is 0 Å². The molecule has 0 heterocycles. The van der Waals surface area contributed by atoms with Crippen molar-refractivity contribution in [3.8, 4) is 0 Å². The Bertz CT molecular complexity index is 1230. The van der Waals surface area contributed by atoms with Gasteiger partial charge < -0.3 is 9.47 Å². The minimum atomic E-state index is -6.14. The minimum absolute atomic E-state index is 0.145. The molecule has 0 atom stereocenters. The van der Waals surface area contributed by atoms with E-state index in [9.17, 15) is 52.8 Å². The van der Waals surface area contributed by atoms with Gasteiger partial charge in [0.2, 0.25) is 0 Å². The van der Waals surface area contributed by atoms with Gasteiger partial charge in [0.1, 0.15) is 0 Å². The predicted octanol–water partition coefficient (Wildman–Crippen LogP) is 13.3. The lowest BCUT2D eigenvalue weighted by molar-refractivity contribution is -0.144. The van der Waals surface area contributed by atoms with Crippen LogP contribution >= 0.6 is 0 Å². The molecule has 0 saturated heterocycles. The molecule has 0 spiro atoms. The number of unbranched alkanes of at least 4 members (excludes halogenated alkanes) is 24. The van der Waals surface area contributed by atoms with E-state index in [-0.39, 0.29) is 37.6 Å². The van der Waals surface area contributed by atoms with Gasteiger partial charge in [-0.15, -0.1) is 0 Å². The fraction of sp³-hybridized carbons (Fsp3) is 0.953. The number of halogens is 6. The third kappa shape index (κ3) is 31.8. The normalized spacial score (nSPS) is 12.9. The van der Waals surface area contributed by atoms with Crippen molar-refractivity contribution < 1.29 is 70.6 Å². The second-order valence-corrected chi connectivity index (χ2v) is 19.7. The Labute approximate surface area is 364 Å². The van der Waals surface area contributed by atoms with Crippen LogP contribution in [0, 0.1) is 5.41 Å². The van der Waals surface area contributed by atoms with Crippen molar-refractivity contribution in [2.75, 3.05) is 26.4 Å². The molecule has 364 valence electrons. The molecule has 0 unspecified atom stereocenters. The Morgan fingerprint density at radius 3 is 0.951 bits per heavy atom. The molecule has 0 saturated carbocycles. The zero-order chi connectivity index (χ0) is 45.9. The maximum absolute atomic E-state index is 13.2. The molecule has 0 aliphatic rings. The van der Waals surface area contributed by atoms with Gasteiger partial charge in [0.05, 0.1) is 26.4 Å². The van der Waals surface area contributed by atoms with Crippen molar-refractivity contribution in [3.05, 3.63) is 0 Å². The summed E-state index contributed by atoms with van der Waals surface area (Å²) >= 11 is 0. The van der Waals surface area contributed by atoms with Crippen molar-refractivity contribution in [1.82, 2.24) is 0 Å². The highest BCUT2D eigenvalue weighted by Gasteiger charge is 2.51. The highest BCUT2D eigenvalue weighted by atomic mass is 32.2. The molecule has 0 aliphatic heterocycles. The first-order chi connectivity index (χ1) is 28.8. The topological polar surface area (TPSA) is 139 Å². The van der Waals surface area contributed by atoms with E-state index in [0.29, 0.717) is 64.6 Å². The first-order valence-corrected chi connectivity index (χ1v) is 25.9. The van der Waals surface area contributed by atoms with Gasteiger partial charge in [-0.05, 0) is 38.5 Å². The summed E-state index contributed by atoms with van der Waals surface area (Å²) in [6, 6.07) is 0. The SMILES string of the molecule is CCCCCCCCCOC(=O)CCCCCCCCCC(CCCCCCCCCC(=O)OCCCCCCCCC)(COS(=O)(=O)C(F)(F)F)COS(=O)(=O)C(F)(F)F. The molecular weight excluding hydrogens is 855 g/mol. The van der Waals surface area contributed by atoms with Gasteiger partial charge in [0, 0.05) is 18.3 Å². The highest BCUT2D eigenvalue weighted by molar-refractivity contribution is 7.87. The third-order valence-corrected chi connectivity index (χ3v) is 12.8. The lowest BCUT2D eigenvalue weighted by atomic mass is 9.79. The van der Waals surface area contributed by atoms with E-state index in [4.69, 9.17) is 9.47 Å². The number of hydrogen-bond donors (Lipinski definition) is 0. The van der Waals surface area contributed by atoms with Gasteiger partial charge in [-0.1, -0.05) is 168 Å². The summed E-state index contributed by atoms with van der Waals surface area (Å²) in [4.78, 5) is 24.0. The molecule has 0 aliphatic carbocycles. The van der Waals surface area contributed by atoms with Crippen LogP contribution in [0.25, 0.3) is 0 Å². The van der Waals surface area contributed by atoms with Gasteiger partial charge in [-0.3, -0.25) is 18.0 Å². The van der Waals surface area contributed by atoms with Crippen molar-refractivity contribution in [2.24, 2.45) is 5.41 Å². The number of carbonyl (C=O) groups excluding carboxylic acids is 2. The summed E-state index contributed by atoms with van der Waals surface area (Å²) in [6.45, 7) is 2.72. The predicted molar refractivity (Wildman–Crippen MR) is 225 cm³/mol. The number of carbonyl (C=O) groups is 2. The van der Waals surface area contributed by atoms with Crippen LogP contribution < -0.4 is 0 Å². The number of hydrogen-bond acceptors (Lipinski definition) is 10. The molecule has 0 aromatic carbocycles. The van der Waals surface area contributed by atoms with Crippen molar-refractivity contribution in [2.45, 2.75) is 230 Å². The quantitative estimate of drug-likeness (QED) is 0.0191. The summed E-state index contributed by atoms with van der Waals surface area (Å²) in [6.07, 6.45) is 24.5. The number of alkyl halides is 6. The first kappa shape index (κ1) is 59.3. The molecule has 0 radical (unpaired) electrons. The maximum atomic E-state index is 13.2. The summed E-state index contributed by atoms with van der Waals surface area (Å²) in [5.41, 5.74) is -13.4. The summed E-state index contributed by atoms with van der Waals surface area (Å²) < 4.78 is 146. The van der Waals surface area contributed by atoms with Gasteiger partial charge in [-0.2, -0.15) is 43.2 Å². The molecule has 10 nitrogen and oxygen atoms in total. The van der Waals surface area contributed by atoms with Crippen molar-refractivity contribution in [3.63, 3.8) is 0 Å².